The van der Waals surface area contributed by atoms with Gasteiger partial charge in [0.25, 0.3) is 0 Å². The van der Waals surface area contributed by atoms with E-state index in [0.29, 0.717) is 0 Å². The van der Waals surface area contributed by atoms with Crippen molar-refractivity contribution in [2.75, 3.05) is 18.0 Å². The number of hydrogen-bond acceptors (Lipinski definition) is 3. The van der Waals surface area contributed by atoms with Gasteiger partial charge in [-0.05, 0) is 36.6 Å². The van der Waals surface area contributed by atoms with Crippen LogP contribution in [-0.2, 0) is 4.79 Å². The summed E-state index contributed by atoms with van der Waals surface area (Å²) in [7, 11) is 0. The molecule has 24 heavy (non-hydrogen) atoms. The first-order valence-corrected chi connectivity index (χ1v) is 8.24. The second kappa shape index (κ2) is 7.45. The van der Waals surface area contributed by atoms with E-state index in [1.165, 1.54) is 6.07 Å². The Bertz CT molecular complexity index is 692. The lowest BCUT2D eigenvalue weighted by atomic mass is 10.0. The van der Waals surface area contributed by atoms with Gasteiger partial charge in [-0.1, -0.05) is 36.4 Å². The van der Waals surface area contributed by atoms with Crippen molar-refractivity contribution in [3.05, 3.63) is 66.0 Å². The summed E-state index contributed by atoms with van der Waals surface area (Å²) in [4.78, 5) is 14.0. The second-order valence-corrected chi connectivity index (χ2v) is 6.18. The third-order valence-electron chi connectivity index (χ3n) is 4.41. The van der Waals surface area contributed by atoms with Gasteiger partial charge in [-0.25, -0.2) is 4.39 Å². The first-order chi connectivity index (χ1) is 11.6. The standard InChI is InChI=1S/C19H22FN3O/c20-15-8-4-10-17(12-15)23-11-5-9-16(13-23)22-18(19(21)24)14-6-2-1-3-7-14/h1-4,6-8,10,12,16,18,22H,5,9,11,13H2,(H2,21,24)/t16-,18+/m0/s1. The van der Waals surface area contributed by atoms with Crippen LogP contribution in [0, 0.1) is 5.82 Å². The summed E-state index contributed by atoms with van der Waals surface area (Å²) in [6.07, 6.45) is 1.94. The highest BCUT2D eigenvalue weighted by Gasteiger charge is 2.26. The number of carbonyl (C=O) groups excluding carboxylic acids is 1. The van der Waals surface area contributed by atoms with Crippen LogP contribution >= 0.6 is 0 Å². The van der Waals surface area contributed by atoms with E-state index in [0.717, 1.165) is 37.2 Å². The maximum absolute atomic E-state index is 13.5. The predicted octanol–water partition coefficient (Wildman–Crippen LogP) is 2.61. The molecule has 2 aromatic carbocycles. The number of nitrogens with zero attached hydrogens (tertiary/aromatic N) is 1. The molecule has 1 aliphatic heterocycles. The van der Waals surface area contributed by atoms with Gasteiger partial charge in [0.1, 0.15) is 11.9 Å². The number of primary amides is 1. The molecule has 126 valence electrons. The highest BCUT2D eigenvalue weighted by molar-refractivity contribution is 5.81. The molecule has 0 saturated carbocycles. The van der Waals surface area contributed by atoms with Crippen LogP contribution in [0.5, 0.6) is 0 Å². The number of hydrogen-bond donors (Lipinski definition) is 2. The van der Waals surface area contributed by atoms with Crippen LogP contribution in [0.25, 0.3) is 0 Å². The van der Waals surface area contributed by atoms with Gasteiger partial charge >= 0.3 is 0 Å². The van der Waals surface area contributed by atoms with Gasteiger partial charge in [0.05, 0.1) is 0 Å². The summed E-state index contributed by atoms with van der Waals surface area (Å²) < 4.78 is 13.5. The molecular formula is C19H22FN3O. The number of anilines is 1. The van der Waals surface area contributed by atoms with Gasteiger partial charge in [-0.15, -0.1) is 0 Å². The Morgan fingerprint density at radius 3 is 2.71 bits per heavy atom. The van der Waals surface area contributed by atoms with E-state index in [4.69, 9.17) is 5.73 Å². The smallest absolute Gasteiger partial charge is 0.239 e. The zero-order valence-electron chi connectivity index (χ0n) is 13.5. The molecule has 3 rings (SSSR count). The molecular weight excluding hydrogens is 305 g/mol. The number of rotatable bonds is 5. The number of nitrogens with two attached hydrogens (primary N) is 1. The lowest BCUT2D eigenvalue weighted by Gasteiger charge is -2.36. The largest absolute Gasteiger partial charge is 0.370 e. The minimum absolute atomic E-state index is 0.125. The van der Waals surface area contributed by atoms with Crippen molar-refractivity contribution < 1.29 is 9.18 Å². The Kier molecular flexibility index (Phi) is 5.11. The van der Waals surface area contributed by atoms with E-state index in [1.807, 2.05) is 36.4 Å². The molecule has 0 unspecified atom stereocenters. The van der Waals surface area contributed by atoms with Crippen molar-refractivity contribution in [2.45, 2.75) is 24.9 Å². The quantitative estimate of drug-likeness (QED) is 0.887. The molecule has 2 aromatic rings. The first-order valence-electron chi connectivity index (χ1n) is 8.24. The Hall–Kier alpha value is -2.40. The van der Waals surface area contributed by atoms with E-state index in [1.54, 1.807) is 12.1 Å². The number of piperidine rings is 1. The van der Waals surface area contributed by atoms with Crippen molar-refractivity contribution in [3.63, 3.8) is 0 Å². The third-order valence-corrected chi connectivity index (χ3v) is 4.41. The van der Waals surface area contributed by atoms with Gasteiger partial charge in [-0.2, -0.15) is 0 Å². The molecule has 0 radical (unpaired) electrons. The molecule has 2 atom stereocenters. The van der Waals surface area contributed by atoms with Crippen LogP contribution in [-0.4, -0.2) is 25.0 Å². The molecule has 1 aliphatic rings. The molecule has 4 nitrogen and oxygen atoms in total. The van der Waals surface area contributed by atoms with Crippen LogP contribution < -0.4 is 16.0 Å². The summed E-state index contributed by atoms with van der Waals surface area (Å²) in [6.45, 7) is 1.61. The van der Waals surface area contributed by atoms with Crippen LogP contribution in [0.4, 0.5) is 10.1 Å². The summed E-state index contributed by atoms with van der Waals surface area (Å²) in [6, 6.07) is 15.7. The molecule has 0 aliphatic carbocycles. The first kappa shape index (κ1) is 16.5. The number of nitrogens with one attached hydrogen (secondary N) is 1. The van der Waals surface area contributed by atoms with Crippen molar-refractivity contribution in [3.8, 4) is 0 Å². The van der Waals surface area contributed by atoms with Gasteiger partial charge < -0.3 is 10.6 Å². The topological polar surface area (TPSA) is 58.4 Å². The van der Waals surface area contributed by atoms with E-state index >= 15 is 0 Å². The molecule has 0 bridgehead atoms. The fourth-order valence-corrected chi connectivity index (χ4v) is 3.24. The molecule has 1 amide bonds. The van der Waals surface area contributed by atoms with Crippen LogP contribution in [0.3, 0.4) is 0 Å². The maximum Gasteiger partial charge on any atom is 0.239 e. The highest BCUT2D eigenvalue weighted by Crippen LogP contribution is 2.22. The van der Waals surface area contributed by atoms with Crippen molar-refractivity contribution in [1.29, 1.82) is 0 Å². The van der Waals surface area contributed by atoms with Gasteiger partial charge in [0, 0.05) is 24.8 Å². The van der Waals surface area contributed by atoms with E-state index < -0.39 is 6.04 Å². The lowest BCUT2D eigenvalue weighted by molar-refractivity contribution is -0.120. The predicted molar refractivity (Wildman–Crippen MR) is 93.1 cm³/mol. The molecule has 1 fully saturated rings. The number of benzene rings is 2. The number of halogens is 1. The zero-order chi connectivity index (χ0) is 16.9. The minimum Gasteiger partial charge on any atom is -0.370 e. The van der Waals surface area contributed by atoms with Crippen molar-refractivity contribution in [2.24, 2.45) is 5.73 Å². The summed E-state index contributed by atoms with van der Waals surface area (Å²) in [5.74, 6) is -0.619. The number of amides is 1. The van der Waals surface area contributed by atoms with Crippen LogP contribution in [0.2, 0.25) is 0 Å². The van der Waals surface area contributed by atoms with Gasteiger partial charge in [0.15, 0.2) is 0 Å². The Morgan fingerprint density at radius 2 is 2.00 bits per heavy atom. The normalized spacial score (nSPS) is 19.0. The van der Waals surface area contributed by atoms with Crippen molar-refractivity contribution >= 4 is 11.6 Å². The maximum atomic E-state index is 13.5. The Labute approximate surface area is 141 Å². The fraction of sp³-hybridized carbons (Fsp3) is 0.316. The fourth-order valence-electron chi connectivity index (χ4n) is 3.24. The highest BCUT2D eigenvalue weighted by atomic mass is 19.1. The average molecular weight is 327 g/mol. The van der Waals surface area contributed by atoms with E-state index in [-0.39, 0.29) is 17.8 Å². The summed E-state index contributed by atoms with van der Waals surface area (Å²) in [5.41, 5.74) is 7.33. The third kappa shape index (κ3) is 3.92. The lowest BCUT2D eigenvalue weighted by Crippen LogP contribution is -2.49. The van der Waals surface area contributed by atoms with Gasteiger partial charge in [-0.3, -0.25) is 10.1 Å². The van der Waals surface area contributed by atoms with Crippen molar-refractivity contribution in [1.82, 2.24) is 5.32 Å². The van der Waals surface area contributed by atoms with Gasteiger partial charge in [0.2, 0.25) is 5.91 Å². The minimum atomic E-state index is -0.511. The van der Waals surface area contributed by atoms with E-state index in [9.17, 15) is 9.18 Å². The molecule has 1 heterocycles. The van der Waals surface area contributed by atoms with Crippen LogP contribution in [0.15, 0.2) is 54.6 Å². The Morgan fingerprint density at radius 1 is 1.21 bits per heavy atom. The monoisotopic (exact) mass is 327 g/mol. The summed E-state index contributed by atoms with van der Waals surface area (Å²) in [5, 5.41) is 3.38. The molecule has 3 N–H and O–H groups in total. The van der Waals surface area contributed by atoms with E-state index in [2.05, 4.69) is 10.2 Å². The molecule has 0 spiro atoms. The number of carbonyl (C=O) groups is 1. The summed E-state index contributed by atoms with van der Waals surface area (Å²) >= 11 is 0. The molecule has 0 aromatic heterocycles. The average Bonchev–Trinajstić information content (AvgIpc) is 2.60. The zero-order valence-corrected chi connectivity index (χ0v) is 13.5. The Balaban J connectivity index is 1.71. The van der Waals surface area contributed by atoms with Crippen LogP contribution in [0.1, 0.15) is 24.4 Å². The second-order valence-electron chi connectivity index (χ2n) is 6.18. The molecule has 1 saturated heterocycles. The SMILES string of the molecule is NC(=O)[C@H](N[C@H]1CCCN(c2cccc(F)c2)C1)c1ccccc1. The molecule has 5 heteroatoms.